The molecule has 27 heavy (non-hydrogen) atoms. The number of esters is 1. The monoisotopic (exact) mass is 383 g/mol. The molecule has 1 amide bonds. The van der Waals surface area contributed by atoms with Crippen molar-refractivity contribution in [2.24, 2.45) is 0 Å². The highest BCUT2D eigenvalue weighted by atomic mass is 16.7. The number of carbonyl (C=O) groups is 2. The Morgan fingerprint density at radius 2 is 1.74 bits per heavy atom. The summed E-state index contributed by atoms with van der Waals surface area (Å²) in [6, 6.07) is 0. The van der Waals surface area contributed by atoms with Gasteiger partial charge in [-0.15, -0.1) is 0 Å². The number of rotatable bonds is 15. The first-order valence-electron chi connectivity index (χ1n) is 10.5. The van der Waals surface area contributed by atoms with Gasteiger partial charge in [0.05, 0.1) is 7.11 Å². The summed E-state index contributed by atoms with van der Waals surface area (Å²) in [5.74, 6) is -0.693. The molecule has 6 heteroatoms. The third kappa shape index (κ3) is 14.3. The summed E-state index contributed by atoms with van der Waals surface area (Å²) in [5.41, 5.74) is 0. The molecule has 0 saturated carbocycles. The zero-order valence-electron chi connectivity index (χ0n) is 16.9. The van der Waals surface area contributed by atoms with Crippen LogP contribution < -0.4 is 5.32 Å². The molecule has 1 atom stereocenters. The Morgan fingerprint density at radius 3 is 2.41 bits per heavy atom. The molecule has 0 radical (unpaired) electrons. The lowest BCUT2D eigenvalue weighted by molar-refractivity contribution is -0.162. The van der Waals surface area contributed by atoms with Crippen molar-refractivity contribution in [3.05, 3.63) is 12.2 Å². The number of ether oxygens (including phenoxy) is 3. The van der Waals surface area contributed by atoms with Crippen LogP contribution in [0.25, 0.3) is 0 Å². The van der Waals surface area contributed by atoms with Gasteiger partial charge in [-0.3, -0.25) is 9.59 Å². The van der Waals surface area contributed by atoms with Crippen LogP contribution in [0.1, 0.15) is 77.0 Å². The minimum atomic E-state index is -0.442. The van der Waals surface area contributed by atoms with Gasteiger partial charge in [0.15, 0.2) is 6.29 Å². The van der Waals surface area contributed by atoms with Crippen LogP contribution in [0.15, 0.2) is 12.2 Å². The van der Waals surface area contributed by atoms with Gasteiger partial charge < -0.3 is 19.5 Å². The van der Waals surface area contributed by atoms with Crippen LogP contribution in [-0.4, -0.2) is 45.0 Å². The maximum Gasteiger partial charge on any atom is 0.325 e. The van der Waals surface area contributed by atoms with Crippen molar-refractivity contribution in [2.45, 2.75) is 83.3 Å². The van der Waals surface area contributed by atoms with Gasteiger partial charge in [0.25, 0.3) is 0 Å². The van der Waals surface area contributed by atoms with Crippen LogP contribution in [0.3, 0.4) is 0 Å². The number of hydrogen-bond donors (Lipinski definition) is 1. The molecule has 0 aromatic rings. The number of methoxy groups -OCH3 is 1. The Morgan fingerprint density at radius 1 is 1.04 bits per heavy atom. The predicted octanol–water partition coefficient (Wildman–Crippen LogP) is 3.89. The molecule has 0 aliphatic carbocycles. The molecule has 1 unspecified atom stereocenters. The molecule has 156 valence electrons. The van der Waals surface area contributed by atoms with Crippen molar-refractivity contribution in [3.63, 3.8) is 0 Å². The van der Waals surface area contributed by atoms with E-state index in [0.29, 0.717) is 0 Å². The molecule has 1 fully saturated rings. The number of unbranched alkanes of at least 4 members (excludes halogenated alkanes) is 8. The predicted molar refractivity (Wildman–Crippen MR) is 105 cm³/mol. The van der Waals surface area contributed by atoms with Crippen LogP contribution >= 0.6 is 0 Å². The molecular formula is C21H37NO5. The molecule has 0 bridgehead atoms. The van der Waals surface area contributed by atoms with Gasteiger partial charge >= 0.3 is 5.97 Å². The van der Waals surface area contributed by atoms with Gasteiger partial charge in [0.2, 0.25) is 5.91 Å². The summed E-state index contributed by atoms with van der Waals surface area (Å²) < 4.78 is 15.7. The van der Waals surface area contributed by atoms with E-state index in [2.05, 4.69) is 10.1 Å². The van der Waals surface area contributed by atoms with Crippen molar-refractivity contribution in [2.75, 3.05) is 26.9 Å². The first-order valence-corrected chi connectivity index (χ1v) is 10.5. The molecule has 0 aromatic heterocycles. The SMILES string of the molecule is COC(=O)CNC(=O)/C=C/CCCCCCCCCCOC1CCCCO1. The van der Waals surface area contributed by atoms with Crippen molar-refractivity contribution < 1.29 is 23.8 Å². The van der Waals surface area contributed by atoms with Crippen molar-refractivity contribution in [3.8, 4) is 0 Å². The smallest absolute Gasteiger partial charge is 0.325 e. The van der Waals surface area contributed by atoms with Gasteiger partial charge in [0.1, 0.15) is 6.54 Å². The van der Waals surface area contributed by atoms with Crippen molar-refractivity contribution in [1.82, 2.24) is 5.32 Å². The van der Waals surface area contributed by atoms with Crippen LogP contribution in [0.4, 0.5) is 0 Å². The van der Waals surface area contributed by atoms with E-state index in [1.54, 1.807) is 0 Å². The molecule has 0 aromatic carbocycles. The highest BCUT2D eigenvalue weighted by Crippen LogP contribution is 2.15. The number of allylic oxidation sites excluding steroid dienone is 1. The van der Waals surface area contributed by atoms with E-state index < -0.39 is 5.97 Å². The molecule has 1 aliphatic heterocycles. The average molecular weight is 384 g/mol. The normalized spacial score (nSPS) is 17.1. The van der Waals surface area contributed by atoms with Crippen molar-refractivity contribution >= 4 is 11.9 Å². The average Bonchev–Trinajstić information content (AvgIpc) is 2.70. The number of hydrogen-bond acceptors (Lipinski definition) is 5. The quantitative estimate of drug-likeness (QED) is 0.264. The Balaban J connectivity index is 1.79. The number of nitrogens with one attached hydrogen (secondary N) is 1. The van der Waals surface area contributed by atoms with E-state index in [0.717, 1.165) is 38.9 Å². The maximum atomic E-state index is 11.4. The van der Waals surface area contributed by atoms with Gasteiger partial charge in [-0.05, 0) is 44.6 Å². The fourth-order valence-electron chi connectivity index (χ4n) is 2.96. The molecule has 0 spiro atoms. The highest BCUT2D eigenvalue weighted by molar-refractivity contribution is 5.90. The lowest BCUT2D eigenvalue weighted by Gasteiger charge is -2.22. The molecular weight excluding hydrogens is 346 g/mol. The van der Waals surface area contributed by atoms with Crippen LogP contribution in [0.5, 0.6) is 0 Å². The topological polar surface area (TPSA) is 73.9 Å². The fourth-order valence-corrected chi connectivity index (χ4v) is 2.96. The second kappa shape index (κ2) is 16.8. The minimum Gasteiger partial charge on any atom is -0.468 e. The van der Waals surface area contributed by atoms with E-state index in [9.17, 15) is 9.59 Å². The maximum absolute atomic E-state index is 11.4. The van der Waals surface area contributed by atoms with Gasteiger partial charge in [-0.1, -0.05) is 44.6 Å². The summed E-state index contributed by atoms with van der Waals surface area (Å²) in [5, 5.41) is 2.48. The Hall–Kier alpha value is -1.40. The molecule has 1 N–H and O–H groups in total. The second-order valence-electron chi connectivity index (χ2n) is 6.98. The first kappa shape index (κ1) is 23.6. The lowest BCUT2D eigenvalue weighted by atomic mass is 10.1. The summed E-state index contributed by atoms with van der Waals surface area (Å²) in [6.07, 6.45) is 17.5. The van der Waals surface area contributed by atoms with E-state index in [1.807, 2.05) is 6.08 Å². The van der Waals surface area contributed by atoms with E-state index in [4.69, 9.17) is 9.47 Å². The number of carbonyl (C=O) groups excluding carboxylic acids is 2. The van der Waals surface area contributed by atoms with E-state index >= 15 is 0 Å². The fraction of sp³-hybridized carbons (Fsp3) is 0.810. The second-order valence-corrected chi connectivity index (χ2v) is 6.98. The van der Waals surface area contributed by atoms with Crippen LogP contribution in [0.2, 0.25) is 0 Å². The standard InChI is InChI=1S/C21H37NO5/c1-25-20(24)18-22-19(23)14-10-8-6-4-2-3-5-7-9-12-16-26-21-15-11-13-17-27-21/h10,14,21H,2-9,11-13,15-18H2,1H3,(H,22,23)/b14-10+. The van der Waals surface area contributed by atoms with Crippen LogP contribution in [0, 0.1) is 0 Å². The summed E-state index contributed by atoms with van der Waals surface area (Å²) in [4.78, 5) is 22.3. The van der Waals surface area contributed by atoms with E-state index in [-0.39, 0.29) is 18.7 Å². The third-order valence-corrected chi connectivity index (χ3v) is 4.61. The van der Waals surface area contributed by atoms with Crippen LogP contribution in [-0.2, 0) is 23.8 Å². The lowest BCUT2D eigenvalue weighted by Crippen LogP contribution is -2.28. The summed E-state index contributed by atoms with van der Waals surface area (Å²) >= 11 is 0. The molecule has 1 aliphatic rings. The minimum absolute atomic E-state index is 0.0479. The highest BCUT2D eigenvalue weighted by Gasteiger charge is 2.13. The summed E-state index contributed by atoms with van der Waals surface area (Å²) in [6.45, 7) is 1.59. The zero-order valence-corrected chi connectivity index (χ0v) is 16.9. The molecule has 1 heterocycles. The largest absolute Gasteiger partial charge is 0.468 e. The zero-order chi connectivity index (χ0) is 19.6. The van der Waals surface area contributed by atoms with E-state index in [1.165, 1.54) is 64.6 Å². The number of amides is 1. The van der Waals surface area contributed by atoms with Gasteiger partial charge in [0, 0.05) is 13.2 Å². The molecule has 6 nitrogen and oxygen atoms in total. The van der Waals surface area contributed by atoms with Gasteiger partial charge in [-0.25, -0.2) is 0 Å². The molecule has 1 rings (SSSR count). The third-order valence-electron chi connectivity index (χ3n) is 4.61. The van der Waals surface area contributed by atoms with Gasteiger partial charge in [-0.2, -0.15) is 0 Å². The Kier molecular flexibility index (Phi) is 14.7. The Labute approximate surface area is 164 Å². The summed E-state index contributed by atoms with van der Waals surface area (Å²) in [7, 11) is 1.30. The first-order chi connectivity index (χ1) is 13.2. The Bertz CT molecular complexity index is 419. The van der Waals surface area contributed by atoms with Crippen molar-refractivity contribution in [1.29, 1.82) is 0 Å². The molecule has 1 saturated heterocycles.